The van der Waals surface area contributed by atoms with E-state index in [1.807, 2.05) is 0 Å². The highest BCUT2D eigenvalue weighted by molar-refractivity contribution is 7.89. The largest absolute Gasteiger partial charge is 0.304 e. The highest BCUT2D eigenvalue weighted by Crippen LogP contribution is 2.15. The lowest BCUT2D eigenvalue weighted by Gasteiger charge is -2.19. The van der Waals surface area contributed by atoms with Gasteiger partial charge in [0.2, 0.25) is 21.8 Å². The van der Waals surface area contributed by atoms with Gasteiger partial charge in [0.1, 0.15) is 0 Å². The maximum atomic E-state index is 11.9. The Kier molecular flexibility index (Phi) is 5.05. The van der Waals surface area contributed by atoms with Crippen LogP contribution in [-0.2, 0) is 19.6 Å². The van der Waals surface area contributed by atoms with Gasteiger partial charge in [-0.15, -0.1) is 0 Å². The van der Waals surface area contributed by atoms with Crippen molar-refractivity contribution in [3.63, 3.8) is 0 Å². The molecule has 1 rings (SSSR count). The summed E-state index contributed by atoms with van der Waals surface area (Å²) in [4.78, 5) is 24.8. The topological polar surface area (TPSA) is 86.8 Å². The number of carbonyl (C=O) groups excluding carboxylic acids is 2. The van der Waals surface area contributed by atoms with Gasteiger partial charge in [0, 0.05) is 26.7 Å². The zero-order chi connectivity index (χ0) is 14.8. The zero-order valence-corrected chi connectivity index (χ0v) is 12.5. The number of hydrogen-bond donors (Lipinski definition) is 1. The van der Waals surface area contributed by atoms with Crippen LogP contribution in [0.5, 0.6) is 0 Å². The van der Waals surface area contributed by atoms with Crippen LogP contribution < -0.4 is 5.32 Å². The van der Waals surface area contributed by atoms with Gasteiger partial charge in [-0.3, -0.25) is 14.5 Å². The van der Waals surface area contributed by atoms with Crippen LogP contribution in [0.2, 0.25) is 0 Å². The molecule has 1 heterocycles. The third kappa shape index (κ3) is 3.74. The molecular formula is C11H21N3O4S. The van der Waals surface area contributed by atoms with Gasteiger partial charge < -0.3 is 5.32 Å². The number of carbonyl (C=O) groups is 2. The van der Waals surface area contributed by atoms with Gasteiger partial charge in [-0.25, -0.2) is 12.7 Å². The van der Waals surface area contributed by atoms with Crippen molar-refractivity contribution in [1.29, 1.82) is 0 Å². The molecule has 2 amide bonds. The average molecular weight is 291 g/mol. The summed E-state index contributed by atoms with van der Waals surface area (Å²) in [5.41, 5.74) is 0. The molecule has 0 saturated carbocycles. The van der Waals surface area contributed by atoms with Crippen LogP contribution in [0, 0.1) is 0 Å². The van der Waals surface area contributed by atoms with E-state index in [4.69, 9.17) is 0 Å². The number of imide groups is 1. The number of nitrogens with one attached hydrogen (secondary N) is 1. The Balaban J connectivity index is 2.53. The van der Waals surface area contributed by atoms with Crippen LogP contribution >= 0.6 is 0 Å². The first-order chi connectivity index (χ1) is 8.66. The summed E-state index contributed by atoms with van der Waals surface area (Å²) in [6, 6.07) is -0.774. The molecule has 1 atom stereocenters. The van der Waals surface area contributed by atoms with Crippen LogP contribution in [0.4, 0.5) is 0 Å². The van der Waals surface area contributed by atoms with Gasteiger partial charge in [0.25, 0.3) is 0 Å². The molecule has 0 bridgehead atoms. The van der Waals surface area contributed by atoms with E-state index < -0.39 is 16.1 Å². The lowest BCUT2D eigenvalue weighted by atomic mass is 10.2. The predicted octanol–water partition coefficient (Wildman–Crippen LogP) is -0.997. The van der Waals surface area contributed by atoms with Gasteiger partial charge in [-0.2, -0.15) is 0 Å². The molecule has 19 heavy (non-hydrogen) atoms. The average Bonchev–Trinajstić information content (AvgIpc) is 2.53. The van der Waals surface area contributed by atoms with E-state index >= 15 is 0 Å². The summed E-state index contributed by atoms with van der Waals surface area (Å²) in [7, 11) is -0.373. The first-order valence-electron chi connectivity index (χ1n) is 6.16. The molecule has 0 aromatic heterocycles. The Morgan fingerprint density at radius 2 is 1.95 bits per heavy atom. The van der Waals surface area contributed by atoms with Crippen LogP contribution in [0.1, 0.15) is 20.3 Å². The fourth-order valence-corrected chi connectivity index (χ4v) is 2.64. The third-order valence-corrected chi connectivity index (χ3v) is 4.84. The molecule has 0 aromatic carbocycles. The Labute approximate surface area is 114 Å². The first kappa shape index (κ1) is 16.1. The summed E-state index contributed by atoms with van der Waals surface area (Å²) in [5, 5.41) is 2.84. The Morgan fingerprint density at radius 3 is 2.37 bits per heavy atom. The van der Waals surface area contributed by atoms with Crippen LogP contribution in [0.3, 0.4) is 0 Å². The minimum atomic E-state index is -3.29. The van der Waals surface area contributed by atoms with E-state index in [9.17, 15) is 18.0 Å². The number of sulfonamides is 1. The molecule has 1 saturated heterocycles. The second-order valence-corrected chi connectivity index (χ2v) is 7.31. The van der Waals surface area contributed by atoms with Crippen molar-refractivity contribution in [2.24, 2.45) is 0 Å². The van der Waals surface area contributed by atoms with E-state index in [2.05, 4.69) is 5.32 Å². The fraction of sp³-hybridized carbons (Fsp3) is 0.818. The van der Waals surface area contributed by atoms with Gasteiger partial charge >= 0.3 is 0 Å². The Hall–Kier alpha value is -0.990. The van der Waals surface area contributed by atoms with Crippen LogP contribution in [0.25, 0.3) is 0 Å². The molecule has 1 fully saturated rings. The molecule has 1 aliphatic rings. The maximum absolute atomic E-state index is 11.9. The van der Waals surface area contributed by atoms with Crippen molar-refractivity contribution < 1.29 is 18.0 Å². The van der Waals surface area contributed by atoms with Crippen molar-refractivity contribution in [3.05, 3.63) is 0 Å². The molecule has 110 valence electrons. The van der Waals surface area contributed by atoms with E-state index in [-0.39, 0.29) is 36.6 Å². The number of rotatable bonds is 6. The van der Waals surface area contributed by atoms with Crippen molar-refractivity contribution in [2.45, 2.75) is 32.4 Å². The predicted molar refractivity (Wildman–Crippen MR) is 70.9 cm³/mol. The number of likely N-dealkylation sites (tertiary alicyclic amines) is 1. The first-order valence-corrected chi connectivity index (χ1v) is 7.77. The lowest BCUT2D eigenvalue weighted by Crippen LogP contribution is -2.43. The van der Waals surface area contributed by atoms with Crippen molar-refractivity contribution in [2.75, 3.05) is 26.4 Å². The highest BCUT2D eigenvalue weighted by Gasteiger charge is 2.39. The molecule has 1 unspecified atom stereocenters. The summed E-state index contributed by atoms with van der Waals surface area (Å²) >= 11 is 0. The Bertz CT molecular complexity index is 459. The maximum Gasteiger partial charge on any atom is 0.247 e. The highest BCUT2D eigenvalue weighted by atomic mass is 32.2. The Morgan fingerprint density at radius 1 is 1.37 bits per heavy atom. The standard InChI is InChI=1S/C11H21N3O4S/c1-8(2)14-10(15)7-9(11(14)16)12-5-6-19(17,18)13(3)4/h8-9,12H,5-7H2,1-4H3. The molecule has 0 spiro atoms. The molecule has 0 aliphatic carbocycles. The smallest absolute Gasteiger partial charge is 0.247 e. The molecule has 8 heteroatoms. The number of hydrogen-bond acceptors (Lipinski definition) is 5. The third-order valence-electron chi connectivity index (χ3n) is 3.01. The van der Waals surface area contributed by atoms with E-state index in [1.165, 1.54) is 19.0 Å². The second kappa shape index (κ2) is 5.98. The normalized spacial score (nSPS) is 20.9. The van der Waals surface area contributed by atoms with Gasteiger partial charge in [-0.1, -0.05) is 0 Å². The monoisotopic (exact) mass is 291 g/mol. The number of nitrogens with zero attached hydrogens (tertiary/aromatic N) is 2. The minimum Gasteiger partial charge on any atom is -0.304 e. The molecule has 1 aliphatic heterocycles. The molecule has 0 radical (unpaired) electrons. The summed E-state index contributed by atoms with van der Waals surface area (Å²) in [6.07, 6.45) is 0.0963. The molecule has 7 nitrogen and oxygen atoms in total. The molecule has 1 N–H and O–H groups in total. The zero-order valence-electron chi connectivity index (χ0n) is 11.7. The van der Waals surface area contributed by atoms with E-state index in [0.29, 0.717) is 0 Å². The van der Waals surface area contributed by atoms with Gasteiger partial charge in [-0.05, 0) is 13.8 Å². The van der Waals surface area contributed by atoms with Crippen molar-refractivity contribution >= 4 is 21.8 Å². The summed E-state index contributed by atoms with van der Waals surface area (Å²) in [5.74, 6) is -0.588. The number of amides is 2. The summed E-state index contributed by atoms with van der Waals surface area (Å²) < 4.78 is 24.2. The van der Waals surface area contributed by atoms with Crippen molar-refractivity contribution in [3.8, 4) is 0 Å². The van der Waals surface area contributed by atoms with E-state index in [1.54, 1.807) is 13.8 Å². The second-order valence-electron chi connectivity index (χ2n) is 5.00. The lowest BCUT2D eigenvalue weighted by molar-refractivity contribution is -0.140. The van der Waals surface area contributed by atoms with Crippen LogP contribution in [-0.4, -0.2) is 67.9 Å². The SMILES string of the molecule is CC(C)N1C(=O)CC(NCCS(=O)(=O)N(C)C)C1=O. The van der Waals surface area contributed by atoms with Gasteiger partial charge in [0.05, 0.1) is 18.2 Å². The minimum absolute atomic E-state index is 0.0963. The molecule has 0 aromatic rings. The quantitative estimate of drug-likeness (QED) is 0.635. The fourth-order valence-electron chi connectivity index (χ4n) is 1.90. The van der Waals surface area contributed by atoms with Crippen LogP contribution in [0.15, 0.2) is 0 Å². The molecular weight excluding hydrogens is 270 g/mol. The summed E-state index contributed by atoms with van der Waals surface area (Å²) in [6.45, 7) is 3.69. The van der Waals surface area contributed by atoms with E-state index in [0.717, 1.165) is 4.31 Å². The van der Waals surface area contributed by atoms with Gasteiger partial charge in [0.15, 0.2) is 0 Å². The van der Waals surface area contributed by atoms with Crippen molar-refractivity contribution in [1.82, 2.24) is 14.5 Å².